The van der Waals surface area contributed by atoms with Gasteiger partial charge in [-0.15, -0.1) is 0 Å². The van der Waals surface area contributed by atoms with Gasteiger partial charge in [-0.25, -0.2) is 13.8 Å². The van der Waals surface area contributed by atoms with E-state index >= 15 is 0 Å². The Kier molecular flexibility index (Phi) is 4.51. The van der Waals surface area contributed by atoms with E-state index in [0.29, 0.717) is 5.69 Å². The predicted molar refractivity (Wildman–Crippen MR) is 74.9 cm³/mol. The number of anilines is 1. The van der Waals surface area contributed by atoms with E-state index in [1.807, 2.05) is 5.43 Å². The maximum atomic E-state index is 13.1. The molecule has 0 aromatic heterocycles. The van der Waals surface area contributed by atoms with Gasteiger partial charge in [0.15, 0.2) is 0 Å². The van der Waals surface area contributed by atoms with Crippen molar-refractivity contribution in [2.45, 2.75) is 18.6 Å². The maximum absolute atomic E-state index is 13.1. The standard InChI is InChI=1S/C14H15F4N3O2/c1-20(2)9-5-3-4-8(6-9)12(22)21-14(23,13(17)18)7-10(19-21)11(15)16/h3-6,13,19,23H,7H2,1-2H3. The van der Waals surface area contributed by atoms with E-state index in [-0.39, 0.29) is 10.6 Å². The second kappa shape index (κ2) is 6.07. The smallest absolute Gasteiger partial charge is 0.291 e. The van der Waals surface area contributed by atoms with E-state index in [1.54, 1.807) is 25.1 Å². The highest BCUT2D eigenvalue weighted by molar-refractivity contribution is 5.95. The van der Waals surface area contributed by atoms with Crippen molar-refractivity contribution in [2.75, 3.05) is 19.0 Å². The van der Waals surface area contributed by atoms with Gasteiger partial charge in [-0.3, -0.25) is 10.2 Å². The number of hydrazine groups is 1. The molecule has 1 aromatic carbocycles. The van der Waals surface area contributed by atoms with Crippen molar-refractivity contribution >= 4 is 11.6 Å². The fourth-order valence-corrected chi connectivity index (χ4v) is 2.17. The molecule has 2 rings (SSSR count). The number of rotatable bonds is 3. The average Bonchev–Trinajstić information content (AvgIpc) is 2.86. The Labute approximate surface area is 129 Å². The van der Waals surface area contributed by atoms with Crippen LogP contribution in [-0.2, 0) is 0 Å². The minimum Gasteiger partial charge on any atom is -0.378 e. The first-order valence-corrected chi connectivity index (χ1v) is 6.60. The summed E-state index contributed by atoms with van der Waals surface area (Å²) >= 11 is 0. The number of aliphatic hydroxyl groups is 1. The molecule has 0 radical (unpaired) electrons. The molecular weight excluding hydrogens is 318 g/mol. The minimum absolute atomic E-state index is 0.0247. The summed E-state index contributed by atoms with van der Waals surface area (Å²) < 4.78 is 51.6. The second-order valence-electron chi connectivity index (χ2n) is 5.29. The van der Waals surface area contributed by atoms with Crippen LogP contribution in [0.15, 0.2) is 36.0 Å². The van der Waals surface area contributed by atoms with Crippen LogP contribution in [0.3, 0.4) is 0 Å². The Bertz CT molecular complexity index is 647. The number of nitrogens with zero attached hydrogens (tertiary/aromatic N) is 2. The fourth-order valence-electron chi connectivity index (χ4n) is 2.17. The van der Waals surface area contributed by atoms with Crippen molar-refractivity contribution in [3.05, 3.63) is 41.6 Å². The molecule has 1 unspecified atom stereocenters. The number of amides is 1. The van der Waals surface area contributed by atoms with Gasteiger partial charge < -0.3 is 10.0 Å². The molecule has 1 saturated heterocycles. The van der Waals surface area contributed by atoms with Crippen molar-refractivity contribution in [1.29, 1.82) is 0 Å². The number of carbonyl (C=O) groups excluding carboxylic acids is 1. The number of hydrogen-bond acceptors (Lipinski definition) is 4. The molecule has 1 atom stereocenters. The van der Waals surface area contributed by atoms with Crippen molar-refractivity contribution in [1.82, 2.24) is 10.4 Å². The molecule has 1 aliphatic heterocycles. The molecule has 126 valence electrons. The van der Waals surface area contributed by atoms with Gasteiger partial charge in [0.2, 0.25) is 5.72 Å². The van der Waals surface area contributed by atoms with Crippen molar-refractivity contribution in [3.63, 3.8) is 0 Å². The molecule has 5 nitrogen and oxygen atoms in total. The van der Waals surface area contributed by atoms with Crippen LogP contribution in [0.25, 0.3) is 0 Å². The zero-order chi connectivity index (χ0) is 17.4. The Morgan fingerprint density at radius 2 is 2.04 bits per heavy atom. The van der Waals surface area contributed by atoms with Crippen LogP contribution in [0, 0.1) is 0 Å². The number of alkyl halides is 2. The van der Waals surface area contributed by atoms with Crippen LogP contribution in [0.2, 0.25) is 0 Å². The lowest BCUT2D eigenvalue weighted by Gasteiger charge is -2.31. The lowest BCUT2D eigenvalue weighted by Crippen LogP contribution is -2.55. The van der Waals surface area contributed by atoms with Crippen LogP contribution in [0.4, 0.5) is 23.2 Å². The zero-order valence-electron chi connectivity index (χ0n) is 12.4. The number of benzene rings is 1. The highest BCUT2D eigenvalue weighted by Gasteiger charge is 2.53. The first kappa shape index (κ1) is 17.1. The van der Waals surface area contributed by atoms with Gasteiger partial charge in [-0.1, -0.05) is 6.07 Å². The summed E-state index contributed by atoms with van der Waals surface area (Å²) in [4.78, 5) is 14.1. The third-order valence-corrected chi connectivity index (χ3v) is 3.46. The minimum atomic E-state index is -3.42. The fraction of sp³-hybridized carbons (Fsp3) is 0.357. The van der Waals surface area contributed by atoms with Crippen LogP contribution < -0.4 is 10.3 Å². The summed E-state index contributed by atoms with van der Waals surface area (Å²) in [5.74, 6) is -1.03. The van der Waals surface area contributed by atoms with Gasteiger partial charge in [-0.2, -0.15) is 8.78 Å². The van der Waals surface area contributed by atoms with E-state index in [4.69, 9.17) is 0 Å². The van der Waals surface area contributed by atoms with Gasteiger partial charge in [0.05, 0.1) is 6.42 Å². The molecule has 23 heavy (non-hydrogen) atoms. The SMILES string of the molecule is CN(C)c1cccc(C(=O)N2NC(=C(F)F)CC2(O)C(F)F)c1. The third-order valence-electron chi connectivity index (χ3n) is 3.46. The molecule has 2 N–H and O–H groups in total. The maximum Gasteiger partial charge on any atom is 0.291 e. The molecule has 0 spiro atoms. The summed E-state index contributed by atoms with van der Waals surface area (Å²) in [7, 11) is 3.43. The molecule has 1 heterocycles. The molecule has 1 fully saturated rings. The first-order valence-electron chi connectivity index (χ1n) is 6.60. The van der Waals surface area contributed by atoms with Gasteiger partial charge in [-0.05, 0) is 18.2 Å². The lowest BCUT2D eigenvalue weighted by atomic mass is 10.1. The summed E-state index contributed by atoms with van der Waals surface area (Å²) in [6.07, 6.45) is -6.76. The summed E-state index contributed by atoms with van der Waals surface area (Å²) in [6.45, 7) is 0. The third kappa shape index (κ3) is 3.09. The average molecular weight is 333 g/mol. The van der Waals surface area contributed by atoms with Crippen LogP contribution in [0.5, 0.6) is 0 Å². The topological polar surface area (TPSA) is 55.8 Å². The van der Waals surface area contributed by atoms with E-state index in [9.17, 15) is 27.5 Å². The Balaban J connectivity index is 2.40. The molecule has 0 bridgehead atoms. The Hall–Kier alpha value is -2.29. The molecule has 1 amide bonds. The van der Waals surface area contributed by atoms with Crippen LogP contribution in [-0.4, -0.2) is 42.3 Å². The van der Waals surface area contributed by atoms with E-state index < -0.39 is 36.3 Å². The van der Waals surface area contributed by atoms with Gasteiger partial charge in [0.1, 0.15) is 5.70 Å². The lowest BCUT2D eigenvalue weighted by molar-refractivity contribution is -0.168. The van der Waals surface area contributed by atoms with Crippen LogP contribution in [0.1, 0.15) is 16.8 Å². The number of carbonyl (C=O) groups is 1. The van der Waals surface area contributed by atoms with Crippen molar-refractivity contribution in [2.24, 2.45) is 0 Å². The van der Waals surface area contributed by atoms with Gasteiger partial charge in [0.25, 0.3) is 18.4 Å². The Morgan fingerprint density at radius 3 is 2.57 bits per heavy atom. The number of halogens is 4. The zero-order valence-corrected chi connectivity index (χ0v) is 12.4. The quantitative estimate of drug-likeness (QED) is 0.833. The van der Waals surface area contributed by atoms with Gasteiger partial charge in [0, 0.05) is 25.3 Å². The van der Waals surface area contributed by atoms with Crippen molar-refractivity contribution < 1.29 is 27.5 Å². The summed E-state index contributed by atoms with van der Waals surface area (Å²) in [6, 6.07) is 5.95. The monoisotopic (exact) mass is 333 g/mol. The number of nitrogens with one attached hydrogen (secondary N) is 1. The molecule has 0 saturated carbocycles. The largest absolute Gasteiger partial charge is 0.378 e. The van der Waals surface area contributed by atoms with Crippen molar-refractivity contribution in [3.8, 4) is 0 Å². The molecule has 1 aromatic rings. The van der Waals surface area contributed by atoms with E-state index in [1.165, 1.54) is 18.2 Å². The molecule has 0 aliphatic carbocycles. The first-order chi connectivity index (χ1) is 10.7. The normalized spacial score (nSPS) is 20.7. The number of hydrogen-bond donors (Lipinski definition) is 2. The van der Waals surface area contributed by atoms with E-state index in [2.05, 4.69) is 0 Å². The Morgan fingerprint density at radius 1 is 1.39 bits per heavy atom. The van der Waals surface area contributed by atoms with Crippen LogP contribution >= 0.6 is 0 Å². The van der Waals surface area contributed by atoms with Gasteiger partial charge >= 0.3 is 0 Å². The van der Waals surface area contributed by atoms with E-state index in [0.717, 1.165) is 0 Å². The second-order valence-corrected chi connectivity index (χ2v) is 5.29. The molecule has 1 aliphatic rings. The predicted octanol–water partition coefficient (Wildman–Crippen LogP) is 2.16. The summed E-state index contributed by atoms with van der Waals surface area (Å²) in [5.41, 5.74) is -1.48. The molecule has 9 heteroatoms. The molecular formula is C14H15F4N3O2. The highest BCUT2D eigenvalue weighted by Crippen LogP contribution is 2.35. The summed E-state index contributed by atoms with van der Waals surface area (Å²) in [5, 5.41) is 10.1. The highest BCUT2D eigenvalue weighted by atomic mass is 19.3.